The summed E-state index contributed by atoms with van der Waals surface area (Å²) in [6, 6.07) is 7.19. The highest BCUT2D eigenvalue weighted by molar-refractivity contribution is 6.06. The number of carbonyl (C=O) groups is 1. The average molecular weight is 288 g/mol. The Morgan fingerprint density at radius 3 is 2.86 bits per heavy atom. The van der Waals surface area contributed by atoms with Gasteiger partial charge in [-0.2, -0.15) is 0 Å². The molecule has 1 aromatic heterocycles. The highest BCUT2D eigenvalue weighted by Gasteiger charge is 2.13. The Balaban J connectivity index is 2.36. The lowest BCUT2D eigenvalue weighted by molar-refractivity contribution is 0.0915. The van der Waals surface area contributed by atoms with E-state index in [0.29, 0.717) is 17.7 Å². The van der Waals surface area contributed by atoms with Gasteiger partial charge in [-0.25, -0.2) is 0 Å². The molecule has 0 aliphatic rings. The normalized spacial score (nSPS) is 12.2. The first-order chi connectivity index (χ1) is 10.0. The molecule has 0 bridgehead atoms. The SMILES string of the molecule is CCC(O)CNC(=O)c1cc(C)nc2cc(OC)ccc12. The minimum absolute atomic E-state index is 0.205. The van der Waals surface area contributed by atoms with E-state index < -0.39 is 6.10 Å². The number of benzene rings is 1. The zero-order valence-corrected chi connectivity index (χ0v) is 12.5. The minimum Gasteiger partial charge on any atom is -0.497 e. The quantitative estimate of drug-likeness (QED) is 0.883. The molecule has 1 atom stereocenters. The first-order valence-electron chi connectivity index (χ1n) is 6.96. The van der Waals surface area contributed by atoms with Crippen LogP contribution in [-0.4, -0.2) is 35.8 Å². The molecule has 1 heterocycles. The summed E-state index contributed by atoms with van der Waals surface area (Å²) in [4.78, 5) is 16.7. The van der Waals surface area contributed by atoms with E-state index in [1.165, 1.54) is 0 Å². The predicted molar refractivity (Wildman–Crippen MR) is 81.7 cm³/mol. The van der Waals surface area contributed by atoms with Gasteiger partial charge in [-0.3, -0.25) is 9.78 Å². The summed E-state index contributed by atoms with van der Waals surface area (Å²) in [5, 5.41) is 13.1. The molecule has 1 aromatic carbocycles. The van der Waals surface area contributed by atoms with Crippen molar-refractivity contribution < 1.29 is 14.6 Å². The summed E-state index contributed by atoms with van der Waals surface area (Å²) in [6.07, 6.45) is 0.0800. The number of pyridine rings is 1. The number of nitrogens with one attached hydrogen (secondary N) is 1. The molecule has 1 amide bonds. The van der Waals surface area contributed by atoms with Gasteiger partial charge in [0.2, 0.25) is 0 Å². The van der Waals surface area contributed by atoms with Crippen LogP contribution in [0.5, 0.6) is 5.75 Å². The van der Waals surface area contributed by atoms with Gasteiger partial charge in [0.1, 0.15) is 5.75 Å². The third-order valence-corrected chi connectivity index (χ3v) is 3.36. The Morgan fingerprint density at radius 1 is 1.43 bits per heavy atom. The van der Waals surface area contributed by atoms with Crippen molar-refractivity contribution in [3.63, 3.8) is 0 Å². The number of aromatic nitrogens is 1. The van der Waals surface area contributed by atoms with Gasteiger partial charge in [-0.05, 0) is 31.5 Å². The number of rotatable bonds is 5. The smallest absolute Gasteiger partial charge is 0.252 e. The van der Waals surface area contributed by atoms with Gasteiger partial charge in [-0.1, -0.05) is 6.92 Å². The number of hydrogen-bond donors (Lipinski definition) is 2. The second kappa shape index (κ2) is 6.54. The van der Waals surface area contributed by atoms with Crippen molar-refractivity contribution in [1.82, 2.24) is 10.3 Å². The van der Waals surface area contributed by atoms with Crippen LogP contribution in [0.2, 0.25) is 0 Å². The lowest BCUT2D eigenvalue weighted by Crippen LogP contribution is -2.31. The zero-order valence-electron chi connectivity index (χ0n) is 12.5. The fourth-order valence-electron chi connectivity index (χ4n) is 2.11. The van der Waals surface area contributed by atoms with E-state index in [9.17, 15) is 9.90 Å². The van der Waals surface area contributed by atoms with E-state index >= 15 is 0 Å². The van der Waals surface area contributed by atoms with Crippen LogP contribution in [0.25, 0.3) is 10.9 Å². The van der Waals surface area contributed by atoms with E-state index in [1.807, 2.05) is 19.9 Å². The molecular weight excluding hydrogens is 268 g/mol. The number of aliphatic hydroxyl groups excluding tert-OH is 1. The number of hydrogen-bond acceptors (Lipinski definition) is 4. The third kappa shape index (κ3) is 3.49. The molecule has 2 aromatic rings. The monoisotopic (exact) mass is 288 g/mol. The number of ether oxygens (including phenoxy) is 1. The summed E-state index contributed by atoms with van der Waals surface area (Å²) in [6.45, 7) is 3.96. The van der Waals surface area contributed by atoms with Crippen LogP contribution < -0.4 is 10.1 Å². The fourth-order valence-corrected chi connectivity index (χ4v) is 2.11. The molecule has 0 spiro atoms. The highest BCUT2D eigenvalue weighted by Crippen LogP contribution is 2.23. The van der Waals surface area contributed by atoms with Crippen molar-refractivity contribution in [1.29, 1.82) is 0 Å². The molecule has 0 radical (unpaired) electrons. The van der Waals surface area contributed by atoms with Crippen molar-refractivity contribution in [3.8, 4) is 5.75 Å². The summed E-state index contributed by atoms with van der Waals surface area (Å²) in [7, 11) is 1.59. The topological polar surface area (TPSA) is 71.5 Å². The Morgan fingerprint density at radius 2 is 2.19 bits per heavy atom. The van der Waals surface area contributed by atoms with Crippen LogP contribution >= 0.6 is 0 Å². The number of fused-ring (bicyclic) bond motifs is 1. The summed E-state index contributed by atoms with van der Waals surface area (Å²) in [5.41, 5.74) is 2.04. The number of aliphatic hydroxyl groups is 1. The Hall–Kier alpha value is -2.14. The average Bonchev–Trinajstić information content (AvgIpc) is 2.50. The third-order valence-electron chi connectivity index (χ3n) is 3.36. The molecule has 21 heavy (non-hydrogen) atoms. The van der Waals surface area contributed by atoms with Crippen molar-refractivity contribution >= 4 is 16.8 Å². The highest BCUT2D eigenvalue weighted by atomic mass is 16.5. The molecule has 0 saturated heterocycles. The van der Waals surface area contributed by atoms with E-state index in [0.717, 1.165) is 16.6 Å². The molecule has 2 rings (SSSR count). The molecular formula is C16H20N2O3. The van der Waals surface area contributed by atoms with Crippen LogP contribution in [-0.2, 0) is 0 Å². The van der Waals surface area contributed by atoms with Crippen LogP contribution in [0.3, 0.4) is 0 Å². The van der Waals surface area contributed by atoms with Crippen LogP contribution in [0.4, 0.5) is 0 Å². The van der Waals surface area contributed by atoms with Gasteiger partial charge < -0.3 is 15.2 Å². The van der Waals surface area contributed by atoms with E-state index in [4.69, 9.17) is 4.74 Å². The van der Waals surface area contributed by atoms with Gasteiger partial charge in [0.15, 0.2) is 0 Å². The van der Waals surface area contributed by atoms with Gasteiger partial charge >= 0.3 is 0 Å². The first-order valence-corrected chi connectivity index (χ1v) is 6.96. The summed E-state index contributed by atoms with van der Waals surface area (Å²) in [5.74, 6) is 0.497. The van der Waals surface area contributed by atoms with Crippen LogP contribution in [0, 0.1) is 6.92 Å². The number of nitrogens with zero attached hydrogens (tertiary/aromatic N) is 1. The van der Waals surface area contributed by atoms with E-state index in [-0.39, 0.29) is 12.5 Å². The largest absolute Gasteiger partial charge is 0.497 e. The molecule has 0 aliphatic heterocycles. The van der Waals surface area contributed by atoms with Gasteiger partial charge in [0.25, 0.3) is 5.91 Å². The first kappa shape index (κ1) is 15.3. The van der Waals surface area contributed by atoms with E-state index in [2.05, 4.69) is 10.3 Å². The van der Waals surface area contributed by atoms with E-state index in [1.54, 1.807) is 25.3 Å². The lowest BCUT2D eigenvalue weighted by atomic mass is 10.1. The van der Waals surface area contributed by atoms with Crippen LogP contribution in [0.15, 0.2) is 24.3 Å². The summed E-state index contributed by atoms with van der Waals surface area (Å²) < 4.78 is 5.18. The zero-order chi connectivity index (χ0) is 15.4. The molecule has 2 N–H and O–H groups in total. The fraction of sp³-hybridized carbons (Fsp3) is 0.375. The van der Waals surface area contributed by atoms with Crippen molar-refractivity contribution in [2.75, 3.05) is 13.7 Å². The standard InChI is InChI=1S/C16H20N2O3/c1-4-11(19)9-17-16(20)14-7-10(2)18-15-8-12(21-3)5-6-13(14)15/h5-8,11,19H,4,9H2,1-3H3,(H,17,20). The number of amides is 1. The van der Waals surface area contributed by atoms with Gasteiger partial charge in [0, 0.05) is 23.7 Å². The van der Waals surface area contributed by atoms with Crippen LogP contribution in [0.1, 0.15) is 29.4 Å². The maximum absolute atomic E-state index is 12.3. The molecule has 5 nitrogen and oxygen atoms in total. The Kier molecular flexibility index (Phi) is 4.75. The molecule has 0 saturated carbocycles. The molecule has 112 valence electrons. The maximum atomic E-state index is 12.3. The maximum Gasteiger partial charge on any atom is 0.252 e. The number of carbonyl (C=O) groups excluding carboxylic acids is 1. The molecule has 0 aliphatic carbocycles. The Labute approximate surface area is 124 Å². The number of methoxy groups -OCH3 is 1. The van der Waals surface area contributed by atoms with Gasteiger partial charge in [0.05, 0.1) is 24.3 Å². The second-order valence-electron chi connectivity index (χ2n) is 4.97. The Bertz CT molecular complexity index is 655. The minimum atomic E-state index is -0.525. The summed E-state index contributed by atoms with van der Waals surface area (Å²) >= 11 is 0. The second-order valence-corrected chi connectivity index (χ2v) is 4.97. The number of aryl methyl sites for hydroxylation is 1. The molecule has 5 heteroatoms. The van der Waals surface area contributed by atoms with Crippen molar-refractivity contribution in [3.05, 3.63) is 35.5 Å². The predicted octanol–water partition coefficient (Wildman–Crippen LogP) is 2.05. The van der Waals surface area contributed by atoms with Gasteiger partial charge in [-0.15, -0.1) is 0 Å². The van der Waals surface area contributed by atoms with Crippen molar-refractivity contribution in [2.45, 2.75) is 26.4 Å². The van der Waals surface area contributed by atoms with Crippen molar-refractivity contribution in [2.24, 2.45) is 0 Å². The molecule has 0 fully saturated rings. The molecule has 1 unspecified atom stereocenters. The lowest BCUT2D eigenvalue weighted by Gasteiger charge is -2.12.